The van der Waals surface area contributed by atoms with Gasteiger partial charge in [0.2, 0.25) is 5.76 Å². The summed E-state index contributed by atoms with van der Waals surface area (Å²) in [6.07, 6.45) is 0. The number of quaternary nitrogens is 1. The Labute approximate surface area is 190 Å². The van der Waals surface area contributed by atoms with Crippen LogP contribution < -0.4 is 10.3 Å². The van der Waals surface area contributed by atoms with Gasteiger partial charge in [0.1, 0.15) is 18.7 Å². The molecular formula is C25H25N2O6+. The standard InChI is InChI=1S/C25H24N2O6/c1-31-25(30)17-8-6-16(7-9-17)21-20-22(28)18-4-2-3-5-19(18)33-23(20)24(29)27(21)11-10-26-12-14-32-15-13-26/h2-9,21H,10-15H2,1H3/p+1/t21-/m0/s1. The van der Waals surface area contributed by atoms with E-state index in [1.807, 2.05) is 0 Å². The number of rotatable bonds is 5. The highest BCUT2D eigenvalue weighted by Gasteiger charge is 2.43. The van der Waals surface area contributed by atoms with Gasteiger partial charge >= 0.3 is 5.97 Å². The Morgan fingerprint density at radius 2 is 1.82 bits per heavy atom. The van der Waals surface area contributed by atoms with Gasteiger partial charge in [0, 0.05) is 0 Å². The number of hydrogen-bond donors (Lipinski definition) is 1. The fraction of sp³-hybridized carbons (Fsp3) is 0.320. The van der Waals surface area contributed by atoms with Gasteiger partial charge in [-0.15, -0.1) is 0 Å². The Hall–Kier alpha value is -3.49. The highest BCUT2D eigenvalue weighted by molar-refractivity contribution is 5.99. The summed E-state index contributed by atoms with van der Waals surface area (Å²) < 4.78 is 16.2. The quantitative estimate of drug-likeness (QED) is 0.586. The molecule has 1 atom stereocenters. The lowest BCUT2D eigenvalue weighted by Crippen LogP contribution is -3.14. The van der Waals surface area contributed by atoms with Crippen LogP contribution in [-0.2, 0) is 9.47 Å². The second-order valence-corrected chi connectivity index (χ2v) is 8.30. The zero-order valence-corrected chi connectivity index (χ0v) is 18.3. The largest absolute Gasteiger partial charge is 0.465 e. The minimum atomic E-state index is -0.583. The summed E-state index contributed by atoms with van der Waals surface area (Å²) in [4.78, 5) is 41.9. The molecule has 0 radical (unpaired) electrons. The molecule has 1 saturated heterocycles. The van der Waals surface area contributed by atoms with Gasteiger partial charge in [0.25, 0.3) is 5.91 Å². The molecule has 2 aliphatic heterocycles. The van der Waals surface area contributed by atoms with Gasteiger partial charge in [0.05, 0.1) is 56.0 Å². The lowest BCUT2D eigenvalue weighted by atomic mass is 9.97. The first-order chi connectivity index (χ1) is 16.1. The molecule has 0 bridgehead atoms. The normalized spacial score (nSPS) is 18.5. The van der Waals surface area contributed by atoms with Crippen molar-refractivity contribution in [2.75, 3.05) is 46.5 Å². The van der Waals surface area contributed by atoms with Crippen LogP contribution in [0.5, 0.6) is 0 Å². The minimum absolute atomic E-state index is 0.0951. The Morgan fingerprint density at radius 1 is 1.09 bits per heavy atom. The number of nitrogens with one attached hydrogen (secondary N) is 1. The van der Waals surface area contributed by atoms with Crippen LogP contribution >= 0.6 is 0 Å². The van der Waals surface area contributed by atoms with E-state index in [1.54, 1.807) is 53.4 Å². The Bertz CT molecular complexity index is 1260. The summed E-state index contributed by atoms with van der Waals surface area (Å²) in [5.41, 5.74) is 1.69. The van der Waals surface area contributed by atoms with Crippen LogP contribution in [0.4, 0.5) is 0 Å². The van der Waals surface area contributed by atoms with Crippen molar-refractivity contribution in [1.82, 2.24) is 4.90 Å². The van der Waals surface area contributed by atoms with Crippen LogP contribution in [0.2, 0.25) is 0 Å². The van der Waals surface area contributed by atoms with E-state index < -0.39 is 12.0 Å². The molecular weight excluding hydrogens is 424 g/mol. The Morgan fingerprint density at radius 3 is 2.55 bits per heavy atom. The summed E-state index contributed by atoms with van der Waals surface area (Å²) in [6.45, 7) is 4.38. The summed E-state index contributed by atoms with van der Waals surface area (Å²) in [5.74, 6) is -0.636. The lowest BCUT2D eigenvalue weighted by molar-refractivity contribution is -0.907. The molecule has 170 valence electrons. The van der Waals surface area contributed by atoms with Gasteiger partial charge in [0.15, 0.2) is 5.43 Å². The average Bonchev–Trinajstić information content (AvgIpc) is 3.14. The third-order valence-electron chi connectivity index (χ3n) is 6.43. The number of esters is 1. The molecule has 1 amide bonds. The van der Waals surface area contributed by atoms with Crippen LogP contribution in [0.3, 0.4) is 0 Å². The maximum Gasteiger partial charge on any atom is 0.337 e. The summed E-state index contributed by atoms with van der Waals surface area (Å²) in [7, 11) is 1.33. The number of fused-ring (bicyclic) bond motifs is 2. The van der Waals surface area contributed by atoms with Crippen LogP contribution in [-0.4, -0.2) is 63.3 Å². The first-order valence-corrected chi connectivity index (χ1v) is 11.0. The molecule has 0 saturated carbocycles. The topological polar surface area (TPSA) is 90.5 Å². The molecule has 8 nitrogen and oxygen atoms in total. The molecule has 3 heterocycles. The molecule has 2 aliphatic rings. The minimum Gasteiger partial charge on any atom is -0.465 e. The number of nitrogens with zero attached hydrogens (tertiary/aromatic N) is 1. The number of hydrogen-bond acceptors (Lipinski definition) is 6. The lowest BCUT2D eigenvalue weighted by Gasteiger charge is -2.29. The predicted octanol–water partition coefficient (Wildman–Crippen LogP) is 1.04. The van der Waals surface area contributed by atoms with Gasteiger partial charge < -0.3 is 23.7 Å². The van der Waals surface area contributed by atoms with E-state index in [2.05, 4.69) is 0 Å². The smallest absolute Gasteiger partial charge is 0.337 e. The molecule has 0 aliphatic carbocycles. The zero-order chi connectivity index (χ0) is 22.9. The van der Waals surface area contributed by atoms with Crippen molar-refractivity contribution in [2.24, 2.45) is 0 Å². The van der Waals surface area contributed by atoms with E-state index in [4.69, 9.17) is 13.9 Å². The van der Waals surface area contributed by atoms with E-state index in [0.717, 1.165) is 25.2 Å². The van der Waals surface area contributed by atoms with Crippen molar-refractivity contribution >= 4 is 22.8 Å². The summed E-state index contributed by atoms with van der Waals surface area (Å²) in [5, 5.41) is 0.445. The maximum atomic E-state index is 13.5. The third kappa shape index (κ3) is 3.81. The molecule has 1 aromatic heterocycles. The molecule has 5 rings (SSSR count). The van der Waals surface area contributed by atoms with Crippen LogP contribution in [0.25, 0.3) is 11.0 Å². The second kappa shape index (κ2) is 8.80. The predicted molar refractivity (Wildman–Crippen MR) is 120 cm³/mol. The molecule has 0 spiro atoms. The van der Waals surface area contributed by atoms with Gasteiger partial charge in [-0.25, -0.2) is 4.79 Å². The average molecular weight is 449 g/mol. The van der Waals surface area contributed by atoms with E-state index in [0.29, 0.717) is 41.9 Å². The van der Waals surface area contributed by atoms with Crippen molar-refractivity contribution in [3.8, 4) is 0 Å². The summed E-state index contributed by atoms with van der Waals surface area (Å²) in [6, 6.07) is 13.2. The van der Waals surface area contributed by atoms with Crippen LogP contribution in [0, 0.1) is 0 Å². The SMILES string of the molecule is COC(=O)c1ccc([C@H]2c3c(oc4ccccc4c3=O)C(=O)N2CC[NH+]2CCOCC2)cc1. The monoisotopic (exact) mass is 449 g/mol. The number of methoxy groups -OCH3 is 1. The van der Waals surface area contributed by atoms with E-state index >= 15 is 0 Å². The number of benzene rings is 2. The number of ether oxygens (including phenoxy) is 2. The highest BCUT2D eigenvalue weighted by atomic mass is 16.5. The van der Waals surface area contributed by atoms with Gasteiger partial charge in [-0.05, 0) is 29.8 Å². The number of carbonyl (C=O) groups is 2. The van der Waals surface area contributed by atoms with Gasteiger partial charge in [-0.3, -0.25) is 9.59 Å². The second-order valence-electron chi connectivity index (χ2n) is 8.30. The molecule has 0 unspecified atom stereocenters. The molecule has 2 aromatic carbocycles. The van der Waals surface area contributed by atoms with Crippen molar-refractivity contribution in [1.29, 1.82) is 0 Å². The Balaban J connectivity index is 1.57. The maximum absolute atomic E-state index is 13.5. The van der Waals surface area contributed by atoms with E-state index in [1.165, 1.54) is 12.0 Å². The third-order valence-corrected chi connectivity index (χ3v) is 6.43. The molecule has 3 aromatic rings. The van der Waals surface area contributed by atoms with Gasteiger partial charge in [-0.2, -0.15) is 0 Å². The summed E-state index contributed by atoms with van der Waals surface area (Å²) >= 11 is 0. The number of carbonyl (C=O) groups excluding carboxylic acids is 2. The van der Waals surface area contributed by atoms with Crippen molar-refractivity contribution in [2.45, 2.75) is 6.04 Å². The first kappa shape index (κ1) is 21.4. The molecule has 8 heteroatoms. The number of amides is 1. The van der Waals surface area contributed by atoms with Crippen molar-refractivity contribution in [3.05, 3.63) is 81.2 Å². The Kier molecular flexibility index (Phi) is 5.70. The van der Waals surface area contributed by atoms with Crippen molar-refractivity contribution < 1.29 is 28.4 Å². The number of morpholine rings is 1. The number of para-hydroxylation sites is 1. The van der Waals surface area contributed by atoms with Gasteiger partial charge in [-0.1, -0.05) is 24.3 Å². The van der Waals surface area contributed by atoms with E-state index in [9.17, 15) is 14.4 Å². The van der Waals surface area contributed by atoms with Crippen LogP contribution in [0.1, 0.15) is 38.1 Å². The van der Waals surface area contributed by atoms with E-state index in [-0.39, 0.29) is 17.1 Å². The molecule has 33 heavy (non-hydrogen) atoms. The molecule has 1 fully saturated rings. The highest BCUT2D eigenvalue weighted by Crippen LogP contribution is 2.37. The van der Waals surface area contributed by atoms with Crippen LogP contribution in [0.15, 0.2) is 57.7 Å². The first-order valence-electron chi connectivity index (χ1n) is 11.0. The van der Waals surface area contributed by atoms with Crippen molar-refractivity contribution in [3.63, 3.8) is 0 Å². The fourth-order valence-electron chi connectivity index (χ4n) is 4.65. The molecule has 1 N–H and O–H groups in total. The zero-order valence-electron chi connectivity index (χ0n) is 18.3. The fourth-order valence-corrected chi connectivity index (χ4v) is 4.65.